The predicted octanol–water partition coefficient (Wildman–Crippen LogP) is 3.61. The minimum absolute atomic E-state index is 0.0451. The minimum Gasteiger partial charge on any atom is -0.457 e. The Balaban J connectivity index is 2.06. The van der Waals surface area contributed by atoms with Crippen molar-refractivity contribution in [3.05, 3.63) is 74.8 Å². The van der Waals surface area contributed by atoms with Crippen molar-refractivity contribution in [3.63, 3.8) is 0 Å². The molecule has 0 aromatic heterocycles. The van der Waals surface area contributed by atoms with Gasteiger partial charge < -0.3 is 4.74 Å². The molecular formula is C14H10ClNO4. The summed E-state index contributed by atoms with van der Waals surface area (Å²) in [5.74, 6) is -0.567. The second-order valence-electron chi connectivity index (χ2n) is 3.98. The Morgan fingerprint density at radius 3 is 2.65 bits per heavy atom. The van der Waals surface area contributed by atoms with Crippen LogP contribution in [0.2, 0.25) is 5.02 Å². The Morgan fingerprint density at radius 1 is 1.20 bits per heavy atom. The molecule has 0 N–H and O–H groups in total. The van der Waals surface area contributed by atoms with Gasteiger partial charge in [0.05, 0.1) is 15.5 Å². The maximum absolute atomic E-state index is 11.8. The molecule has 5 nitrogen and oxygen atoms in total. The van der Waals surface area contributed by atoms with E-state index >= 15 is 0 Å². The Hall–Kier alpha value is -2.40. The number of esters is 1. The monoisotopic (exact) mass is 291 g/mol. The van der Waals surface area contributed by atoms with Gasteiger partial charge in [-0.15, -0.1) is 0 Å². The van der Waals surface area contributed by atoms with E-state index in [4.69, 9.17) is 16.3 Å². The number of rotatable bonds is 4. The molecule has 0 spiro atoms. The van der Waals surface area contributed by atoms with Crippen LogP contribution >= 0.6 is 11.6 Å². The lowest BCUT2D eigenvalue weighted by molar-refractivity contribution is -0.384. The number of hydrogen-bond donors (Lipinski definition) is 0. The summed E-state index contributed by atoms with van der Waals surface area (Å²) in [4.78, 5) is 22.0. The highest BCUT2D eigenvalue weighted by Gasteiger charge is 2.12. The molecule has 2 rings (SSSR count). The molecule has 0 aliphatic rings. The van der Waals surface area contributed by atoms with Gasteiger partial charge in [0.1, 0.15) is 6.61 Å². The number of ether oxygens (including phenoxy) is 1. The molecule has 6 heteroatoms. The highest BCUT2D eigenvalue weighted by atomic mass is 35.5. The quantitative estimate of drug-likeness (QED) is 0.490. The highest BCUT2D eigenvalue weighted by Crippen LogP contribution is 2.18. The van der Waals surface area contributed by atoms with Crippen LogP contribution in [0.4, 0.5) is 5.69 Å². The van der Waals surface area contributed by atoms with E-state index < -0.39 is 10.9 Å². The van der Waals surface area contributed by atoms with Crippen molar-refractivity contribution in [3.8, 4) is 0 Å². The zero-order chi connectivity index (χ0) is 14.5. The topological polar surface area (TPSA) is 69.4 Å². The number of nitro groups is 1. The van der Waals surface area contributed by atoms with E-state index in [0.717, 1.165) is 0 Å². The lowest BCUT2D eigenvalue weighted by atomic mass is 10.2. The molecule has 0 fully saturated rings. The Kier molecular flexibility index (Phi) is 4.32. The Bertz CT molecular complexity index is 657. The molecular weight excluding hydrogens is 282 g/mol. The molecule has 2 aromatic carbocycles. The molecule has 0 aliphatic carbocycles. The molecule has 0 radical (unpaired) electrons. The number of non-ortho nitro benzene ring substituents is 1. The third kappa shape index (κ3) is 3.33. The van der Waals surface area contributed by atoms with Crippen molar-refractivity contribution in [2.24, 2.45) is 0 Å². The summed E-state index contributed by atoms with van der Waals surface area (Å²) in [7, 11) is 0. The number of nitro benzene ring substituents is 1. The van der Waals surface area contributed by atoms with Gasteiger partial charge in [-0.3, -0.25) is 10.1 Å². The first-order valence-electron chi connectivity index (χ1n) is 5.73. The van der Waals surface area contributed by atoms with Gasteiger partial charge in [-0.2, -0.15) is 0 Å². The van der Waals surface area contributed by atoms with Gasteiger partial charge >= 0.3 is 5.97 Å². The van der Waals surface area contributed by atoms with Crippen LogP contribution in [-0.2, 0) is 11.3 Å². The van der Waals surface area contributed by atoms with Crippen LogP contribution in [0.25, 0.3) is 0 Å². The van der Waals surface area contributed by atoms with Gasteiger partial charge in [-0.25, -0.2) is 4.79 Å². The summed E-state index contributed by atoms with van der Waals surface area (Å²) < 4.78 is 5.08. The van der Waals surface area contributed by atoms with Crippen LogP contribution in [0.5, 0.6) is 0 Å². The lowest BCUT2D eigenvalue weighted by Crippen LogP contribution is -2.06. The van der Waals surface area contributed by atoms with E-state index in [-0.39, 0.29) is 17.9 Å². The molecule has 0 saturated carbocycles. The van der Waals surface area contributed by atoms with Crippen molar-refractivity contribution >= 4 is 23.3 Å². The van der Waals surface area contributed by atoms with Gasteiger partial charge in [-0.1, -0.05) is 35.9 Å². The SMILES string of the molecule is O=C(OCc1cccc([N+](=O)[O-])c1)c1ccccc1Cl. The maximum Gasteiger partial charge on any atom is 0.339 e. The van der Waals surface area contributed by atoms with Crippen LogP contribution < -0.4 is 0 Å². The molecule has 0 heterocycles. The third-order valence-electron chi connectivity index (χ3n) is 2.59. The first-order valence-corrected chi connectivity index (χ1v) is 6.10. The molecule has 0 aliphatic heterocycles. The average molecular weight is 292 g/mol. The zero-order valence-electron chi connectivity index (χ0n) is 10.3. The van der Waals surface area contributed by atoms with Gasteiger partial charge in [-0.05, 0) is 17.7 Å². The first-order chi connectivity index (χ1) is 9.58. The maximum atomic E-state index is 11.8. The molecule has 20 heavy (non-hydrogen) atoms. The first kappa shape index (κ1) is 14.0. The van der Waals surface area contributed by atoms with E-state index in [0.29, 0.717) is 10.6 Å². The second-order valence-corrected chi connectivity index (χ2v) is 4.39. The van der Waals surface area contributed by atoms with Crippen molar-refractivity contribution in [1.29, 1.82) is 0 Å². The summed E-state index contributed by atoms with van der Waals surface area (Å²) in [6.07, 6.45) is 0. The van der Waals surface area contributed by atoms with Crippen molar-refractivity contribution in [2.75, 3.05) is 0 Å². The fourth-order valence-electron chi connectivity index (χ4n) is 1.61. The third-order valence-corrected chi connectivity index (χ3v) is 2.91. The molecule has 0 bridgehead atoms. The summed E-state index contributed by atoms with van der Waals surface area (Å²) in [5.41, 5.74) is 0.760. The van der Waals surface area contributed by atoms with Crippen LogP contribution in [-0.4, -0.2) is 10.9 Å². The number of halogens is 1. The molecule has 2 aromatic rings. The smallest absolute Gasteiger partial charge is 0.339 e. The van der Waals surface area contributed by atoms with Crippen LogP contribution in [0.3, 0.4) is 0 Å². The number of carbonyl (C=O) groups is 1. The summed E-state index contributed by atoms with van der Waals surface area (Å²) >= 11 is 5.88. The number of carbonyl (C=O) groups excluding carboxylic acids is 1. The molecule has 0 saturated heterocycles. The fraction of sp³-hybridized carbons (Fsp3) is 0.0714. The number of benzene rings is 2. The Morgan fingerprint density at radius 2 is 1.95 bits per heavy atom. The minimum atomic E-state index is -0.567. The van der Waals surface area contributed by atoms with E-state index in [1.807, 2.05) is 0 Å². The van der Waals surface area contributed by atoms with Gasteiger partial charge in [0.15, 0.2) is 0 Å². The van der Waals surface area contributed by atoms with Gasteiger partial charge in [0.25, 0.3) is 5.69 Å². The molecule has 0 amide bonds. The van der Waals surface area contributed by atoms with E-state index in [9.17, 15) is 14.9 Å². The average Bonchev–Trinajstić information content (AvgIpc) is 2.45. The number of nitrogens with zero attached hydrogens (tertiary/aromatic N) is 1. The van der Waals surface area contributed by atoms with Crippen molar-refractivity contribution in [2.45, 2.75) is 6.61 Å². The van der Waals surface area contributed by atoms with Crippen LogP contribution in [0.1, 0.15) is 15.9 Å². The predicted molar refractivity (Wildman–Crippen MR) is 73.7 cm³/mol. The van der Waals surface area contributed by atoms with E-state index in [1.165, 1.54) is 18.2 Å². The molecule has 0 atom stereocenters. The second kappa shape index (κ2) is 6.16. The lowest BCUT2D eigenvalue weighted by Gasteiger charge is -2.06. The Labute approximate surface area is 119 Å². The summed E-state index contributed by atoms with van der Waals surface area (Å²) in [6.45, 7) is -0.0499. The van der Waals surface area contributed by atoms with Crippen molar-refractivity contribution in [1.82, 2.24) is 0 Å². The van der Waals surface area contributed by atoms with E-state index in [2.05, 4.69) is 0 Å². The normalized spacial score (nSPS) is 10.1. The molecule has 102 valence electrons. The van der Waals surface area contributed by atoms with Crippen LogP contribution in [0.15, 0.2) is 48.5 Å². The van der Waals surface area contributed by atoms with E-state index in [1.54, 1.807) is 30.3 Å². The summed E-state index contributed by atoms with van der Waals surface area (Å²) in [6, 6.07) is 12.4. The van der Waals surface area contributed by atoms with Crippen molar-refractivity contribution < 1.29 is 14.5 Å². The zero-order valence-corrected chi connectivity index (χ0v) is 11.0. The highest BCUT2D eigenvalue weighted by molar-refractivity contribution is 6.33. The standard InChI is InChI=1S/C14H10ClNO4/c15-13-7-2-1-6-12(13)14(17)20-9-10-4-3-5-11(8-10)16(18)19/h1-8H,9H2. The number of hydrogen-bond acceptors (Lipinski definition) is 4. The fourth-order valence-corrected chi connectivity index (χ4v) is 1.83. The molecule has 0 unspecified atom stereocenters. The van der Waals surface area contributed by atoms with Crippen LogP contribution in [0, 0.1) is 10.1 Å². The summed E-state index contributed by atoms with van der Waals surface area (Å²) in [5, 5.41) is 10.9. The van der Waals surface area contributed by atoms with Gasteiger partial charge in [0, 0.05) is 12.1 Å². The van der Waals surface area contributed by atoms with Gasteiger partial charge in [0.2, 0.25) is 0 Å². The largest absolute Gasteiger partial charge is 0.457 e.